The zero-order valence-corrected chi connectivity index (χ0v) is 10.8. The van der Waals surface area contributed by atoms with E-state index in [1.54, 1.807) is 6.92 Å². The molecule has 0 spiro atoms. The third kappa shape index (κ3) is 3.51. The third-order valence-electron chi connectivity index (χ3n) is 2.41. The quantitative estimate of drug-likeness (QED) is 0.674. The van der Waals surface area contributed by atoms with E-state index in [9.17, 15) is 13.2 Å². The normalized spacial score (nSPS) is 12.7. The van der Waals surface area contributed by atoms with Crippen LogP contribution in [0.25, 0.3) is 0 Å². The van der Waals surface area contributed by atoms with Crippen LogP contribution >= 0.6 is 0 Å². The molecule has 0 radical (unpaired) electrons. The van der Waals surface area contributed by atoms with Crippen LogP contribution in [0.5, 0.6) is 0 Å². The molecule has 7 nitrogen and oxygen atoms in total. The summed E-state index contributed by atoms with van der Waals surface area (Å²) in [5, 5.41) is 26.2. The van der Waals surface area contributed by atoms with Crippen molar-refractivity contribution >= 4 is 16.0 Å². The van der Waals surface area contributed by atoms with Gasteiger partial charge in [-0.15, -0.1) is 0 Å². The lowest BCUT2D eigenvalue weighted by molar-refractivity contribution is -0.139. The number of carbonyl (C=O) groups is 1. The molecule has 0 unspecified atom stereocenters. The van der Waals surface area contributed by atoms with Crippen molar-refractivity contribution < 1.29 is 23.4 Å². The Hall–Kier alpha value is -1.95. The lowest BCUT2D eigenvalue weighted by atomic mass is 10.1. The maximum absolute atomic E-state index is 11.9. The van der Waals surface area contributed by atoms with Gasteiger partial charge in [0.2, 0.25) is 10.0 Å². The molecule has 1 atom stereocenters. The number of nitrogens with one attached hydrogen (secondary N) is 1. The molecular formula is C11H12N2O5S. The highest BCUT2D eigenvalue weighted by atomic mass is 32.2. The third-order valence-corrected chi connectivity index (χ3v) is 3.88. The van der Waals surface area contributed by atoms with E-state index in [4.69, 9.17) is 15.5 Å². The summed E-state index contributed by atoms with van der Waals surface area (Å²) in [5.74, 6) is -1.48. The summed E-state index contributed by atoms with van der Waals surface area (Å²) in [6.07, 6.45) is 0. The van der Waals surface area contributed by atoms with E-state index in [0.717, 1.165) is 0 Å². The van der Waals surface area contributed by atoms with Gasteiger partial charge in [-0.3, -0.25) is 4.79 Å². The minimum atomic E-state index is -4.06. The van der Waals surface area contributed by atoms with Crippen LogP contribution in [0, 0.1) is 18.3 Å². The summed E-state index contributed by atoms with van der Waals surface area (Å²) < 4.78 is 25.6. The van der Waals surface area contributed by atoms with Crippen molar-refractivity contribution in [3.05, 3.63) is 29.3 Å². The summed E-state index contributed by atoms with van der Waals surface area (Å²) in [7, 11) is -4.06. The Bertz CT molecular complexity index is 633. The number of hydrogen-bond acceptors (Lipinski definition) is 5. The van der Waals surface area contributed by atoms with Crippen molar-refractivity contribution in [1.29, 1.82) is 5.26 Å². The van der Waals surface area contributed by atoms with Gasteiger partial charge in [-0.25, -0.2) is 8.42 Å². The number of aliphatic hydroxyl groups excluding tert-OH is 1. The lowest BCUT2D eigenvalue weighted by Crippen LogP contribution is -2.43. The maximum atomic E-state index is 11.9. The van der Waals surface area contributed by atoms with Crippen LogP contribution in [0.15, 0.2) is 23.1 Å². The van der Waals surface area contributed by atoms with Crippen molar-refractivity contribution in [2.24, 2.45) is 0 Å². The number of hydrogen-bond donors (Lipinski definition) is 3. The summed E-state index contributed by atoms with van der Waals surface area (Å²) in [4.78, 5) is 10.5. The number of aryl methyl sites for hydroxylation is 1. The Morgan fingerprint density at radius 1 is 1.53 bits per heavy atom. The predicted octanol–water partition coefficient (Wildman–Crippen LogP) is -0.410. The first-order chi connectivity index (χ1) is 8.81. The molecule has 0 saturated carbocycles. The van der Waals surface area contributed by atoms with Gasteiger partial charge >= 0.3 is 5.97 Å². The molecule has 0 aliphatic carbocycles. The molecule has 8 heteroatoms. The summed E-state index contributed by atoms with van der Waals surface area (Å²) in [6.45, 7) is 0.710. The average Bonchev–Trinajstić information content (AvgIpc) is 2.35. The van der Waals surface area contributed by atoms with Crippen molar-refractivity contribution in [2.45, 2.75) is 17.9 Å². The summed E-state index contributed by atoms with van der Waals surface area (Å²) in [5.41, 5.74) is 0.789. The second-order valence-electron chi connectivity index (χ2n) is 3.78. The summed E-state index contributed by atoms with van der Waals surface area (Å²) >= 11 is 0. The molecule has 1 aromatic rings. The van der Waals surface area contributed by atoms with E-state index in [2.05, 4.69) is 0 Å². The minimum Gasteiger partial charge on any atom is -0.480 e. The van der Waals surface area contributed by atoms with Crippen molar-refractivity contribution in [1.82, 2.24) is 4.72 Å². The smallest absolute Gasteiger partial charge is 0.324 e. The average molecular weight is 284 g/mol. The highest BCUT2D eigenvalue weighted by Crippen LogP contribution is 2.15. The first-order valence-corrected chi connectivity index (χ1v) is 6.67. The van der Waals surface area contributed by atoms with E-state index in [0.29, 0.717) is 11.1 Å². The molecule has 19 heavy (non-hydrogen) atoms. The number of aliphatic hydroxyl groups is 1. The van der Waals surface area contributed by atoms with E-state index in [1.165, 1.54) is 18.2 Å². The van der Waals surface area contributed by atoms with Gasteiger partial charge in [0, 0.05) is 0 Å². The van der Waals surface area contributed by atoms with E-state index in [-0.39, 0.29) is 4.90 Å². The summed E-state index contributed by atoms with van der Waals surface area (Å²) in [6, 6.07) is 4.08. The first-order valence-electron chi connectivity index (χ1n) is 5.18. The van der Waals surface area contributed by atoms with Gasteiger partial charge in [-0.2, -0.15) is 9.98 Å². The Morgan fingerprint density at radius 2 is 2.16 bits per heavy atom. The molecule has 0 aliphatic rings. The zero-order chi connectivity index (χ0) is 14.6. The van der Waals surface area contributed by atoms with Crippen LogP contribution in [0.3, 0.4) is 0 Å². The Kier molecular flexibility index (Phi) is 4.61. The molecule has 0 aromatic heterocycles. The highest BCUT2D eigenvalue weighted by molar-refractivity contribution is 7.89. The molecule has 0 bridgehead atoms. The van der Waals surface area contributed by atoms with Crippen molar-refractivity contribution in [2.75, 3.05) is 6.61 Å². The molecule has 0 saturated heterocycles. The van der Waals surface area contributed by atoms with Gasteiger partial charge in [0.1, 0.15) is 6.04 Å². The Morgan fingerprint density at radius 3 is 2.58 bits per heavy atom. The van der Waals surface area contributed by atoms with E-state index >= 15 is 0 Å². The van der Waals surface area contributed by atoms with Gasteiger partial charge in [-0.1, -0.05) is 0 Å². The first kappa shape index (κ1) is 15.1. The van der Waals surface area contributed by atoms with Crippen LogP contribution in [0.1, 0.15) is 11.1 Å². The van der Waals surface area contributed by atoms with Crippen LogP contribution in [0.4, 0.5) is 0 Å². The SMILES string of the molecule is Cc1cc(S(=O)(=O)N[C@H](CO)C(=O)O)ccc1C#N. The minimum absolute atomic E-state index is 0.163. The van der Waals surface area contributed by atoms with Gasteiger partial charge < -0.3 is 10.2 Å². The molecule has 0 heterocycles. The second kappa shape index (κ2) is 5.79. The lowest BCUT2D eigenvalue weighted by Gasteiger charge is -2.12. The monoisotopic (exact) mass is 284 g/mol. The molecule has 3 N–H and O–H groups in total. The number of sulfonamides is 1. The number of nitriles is 1. The molecular weight excluding hydrogens is 272 g/mol. The molecule has 0 amide bonds. The molecule has 0 fully saturated rings. The van der Waals surface area contributed by atoms with Crippen LogP contribution in [-0.4, -0.2) is 37.2 Å². The number of aliphatic carboxylic acids is 1. The largest absolute Gasteiger partial charge is 0.480 e. The van der Waals surface area contributed by atoms with Crippen molar-refractivity contribution in [3.63, 3.8) is 0 Å². The number of rotatable bonds is 5. The fraction of sp³-hybridized carbons (Fsp3) is 0.273. The van der Waals surface area contributed by atoms with E-state index in [1.807, 2.05) is 10.8 Å². The zero-order valence-electron chi connectivity index (χ0n) is 9.99. The van der Waals surface area contributed by atoms with Crippen LogP contribution in [-0.2, 0) is 14.8 Å². The number of carboxylic acid groups (broad SMARTS) is 1. The topological polar surface area (TPSA) is 127 Å². The Labute approximate surface area is 110 Å². The second-order valence-corrected chi connectivity index (χ2v) is 5.50. The van der Waals surface area contributed by atoms with Crippen LogP contribution < -0.4 is 4.72 Å². The number of carboxylic acids is 1. The number of nitrogens with zero attached hydrogens (tertiary/aromatic N) is 1. The molecule has 1 rings (SSSR count). The fourth-order valence-electron chi connectivity index (χ4n) is 1.35. The van der Waals surface area contributed by atoms with Crippen LogP contribution in [0.2, 0.25) is 0 Å². The fourth-order valence-corrected chi connectivity index (χ4v) is 2.61. The van der Waals surface area contributed by atoms with Crippen molar-refractivity contribution in [3.8, 4) is 6.07 Å². The van der Waals surface area contributed by atoms with Gasteiger partial charge in [-0.05, 0) is 30.7 Å². The standard InChI is InChI=1S/C11H12N2O5S/c1-7-4-9(3-2-8(7)5-12)19(17,18)13-10(6-14)11(15)16/h2-4,10,13-14H,6H2,1H3,(H,15,16)/t10-/m1/s1. The highest BCUT2D eigenvalue weighted by Gasteiger charge is 2.24. The maximum Gasteiger partial charge on any atom is 0.324 e. The van der Waals surface area contributed by atoms with Gasteiger partial charge in [0.25, 0.3) is 0 Å². The molecule has 0 aliphatic heterocycles. The van der Waals surface area contributed by atoms with Gasteiger partial charge in [0.15, 0.2) is 0 Å². The Balaban J connectivity index is 3.11. The molecule has 1 aromatic carbocycles. The molecule has 102 valence electrons. The van der Waals surface area contributed by atoms with E-state index < -0.39 is 28.6 Å². The van der Waals surface area contributed by atoms with Gasteiger partial charge in [0.05, 0.1) is 23.1 Å². The predicted molar refractivity (Wildman–Crippen MR) is 64.7 cm³/mol. The number of benzene rings is 1.